The second kappa shape index (κ2) is 5.87. The van der Waals surface area contributed by atoms with Gasteiger partial charge in [0.15, 0.2) is 0 Å². The zero-order chi connectivity index (χ0) is 9.45. The van der Waals surface area contributed by atoms with Crippen molar-refractivity contribution in [3.8, 4) is 11.5 Å². The van der Waals surface area contributed by atoms with Crippen LogP contribution in [0.1, 0.15) is 0 Å². The average molecular weight is 182 g/mol. The lowest BCUT2D eigenvalue weighted by atomic mass is 10.6. The second-order valence-electron chi connectivity index (χ2n) is 3.60. The fourth-order valence-corrected chi connectivity index (χ4v) is 1.04. The molecule has 0 amide bonds. The van der Waals surface area contributed by atoms with E-state index in [-0.39, 0.29) is 0 Å². The van der Waals surface area contributed by atoms with Crippen LogP contribution in [0.4, 0.5) is 0 Å². The van der Waals surface area contributed by atoms with Gasteiger partial charge in [-0.25, -0.2) is 0 Å². The Hall–Kier alpha value is -0.723. The van der Waals surface area contributed by atoms with Crippen LogP contribution in [0.25, 0.3) is 0 Å². The van der Waals surface area contributed by atoms with E-state index in [1.807, 2.05) is 12.3 Å². The van der Waals surface area contributed by atoms with Gasteiger partial charge in [0.25, 0.3) is 0 Å². The van der Waals surface area contributed by atoms with E-state index < -0.39 is 8.07 Å². The number of nitrogens with two attached hydrogens (primary N) is 1. The molecule has 0 aliphatic carbocycles. The van der Waals surface area contributed by atoms with Gasteiger partial charge in [0.05, 0.1) is 0 Å². The highest BCUT2D eigenvalue weighted by atomic mass is 28.3. The van der Waals surface area contributed by atoms with Crippen molar-refractivity contribution < 1.29 is 0 Å². The summed E-state index contributed by atoms with van der Waals surface area (Å²) in [5, 5.41) is 3.03. The first-order valence-electron chi connectivity index (χ1n) is 4.17. The van der Waals surface area contributed by atoms with E-state index in [9.17, 15) is 0 Å². The summed E-state index contributed by atoms with van der Waals surface area (Å²) in [7, 11) is -1.19. The fourth-order valence-electron chi connectivity index (χ4n) is 0.525. The Kier molecular flexibility index (Phi) is 5.51. The molecule has 0 aliphatic rings. The largest absolute Gasteiger partial charge is 0.389 e. The topological polar surface area (TPSA) is 38.0 Å². The van der Waals surface area contributed by atoms with Crippen molar-refractivity contribution in [1.82, 2.24) is 5.32 Å². The number of hydrogen-bond donors (Lipinski definition) is 2. The normalized spacial score (nSPS) is 11.0. The van der Waals surface area contributed by atoms with Crippen LogP contribution in [0, 0.1) is 11.5 Å². The third-order valence-corrected chi connectivity index (χ3v) is 1.91. The molecule has 68 valence electrons. The zero-order valence-corrected chi connectivity index (χ0v) is 9.15. The summed E-state index contributed by atoms with van der Waals surface area (Å²) in [5.74, 6) is 3.01. The first-order valence-corrected chi connectivity index (χ1v) is 7.67. The minimum absolute atomic E-state index is 0.659. The van der Waals surface area contributed by atoms with E-state index in [1.165, 1.54) is 0 Å². The standard InChI is InChI=1S/C9H18N2Si/c1-12(2,3)9-5-4-7-11-8-6-10/h4,7,11H,6,8,10H2,1-3H3/b7-4+. The fraction of sp³-hybridized carbons (Fsp3) is 0.556. The van der Waals surface area contributed by atoms with Gasteiger partial charge in [-0.15, -0.1) is 5.54 Å². The molecule has 0 fully saturated rings. The molecule has 0 atom stereocenters. The number of allylic oxidation sites excluding steroid dienone is 1. The highest BCUT2D eigenvalue weighted by molar-refractivity contribution is 6.83. The Morgan fingerprint density at radius 3 is 2.58 bits per heavy atom. The minimum atomic E-state index is -1.19. The highest BCUT2D eigenvalue weighted by Gasteiger charge is 2.06. The molecule has 12 heavy (non-hydrogen) atoms. The molecule has 2 nitrogen and oxygen atoms in total. The Labute approximate surface area is 76.2 Å². The molecule has 0 aromatic rings. The maximum Gasteiger partial charge on any atom is 0.129 e. The molecule has 0 aromatic carbocycles. The van der Waals surface area contributed by atoms with Gasteiger partial charge in [-0.3, -0.25) is 0 Å². The Morgan fingerprint density at radius 2 is 2.08 bits per heavy atom. The monoisotopic (exact) mass is 182 g/mol. The van der Waals surface area contributed by atoms with Crippen molar-refractivity contribution in [3.63, 3.8) is 0 Å². The molecule has 0 unspecified atom stereocenters. The maximum atomic E-state index is 5.29. The predicted molar refractivity (Wildman–Crippen MR) is 57.3 cm³/mol. The first kappa shape index (κ1) is 11.3. The van der Waals surface area contributed by atoms with E-state index >= 15 is 0 Å². The van der Waals surface area contributed by atoms with Gasteiger partial charge >= 0.3 is 0 Å². The van der Waals surface area contributed by atoms with E-state index in [0.29, 0.717) is 6.54 Å². The van der Waals surface area contributed by atoms with Gasteiger partial charge < -0.3 is 11.1 Å². The number of rotatable bonds is 3. The van der Waals surface area contributed by atoms with Gasteiger partial charge in [-0.2, -0.15) is 0 Å². The summed E-state index contributed by atoms with van der Waals surface area (Å²) in [6.45, 7) is 8.14. The Balaban J connectivity index is 3.63. The van der Waals surface area contributed by atoms with Gasteiger partial charge in [-0.05, 0) is 0 Å². The van der Waals surface area contributed by atoms with E-state index in [4.69, 9.17) is 5.73 Å². The van der Waals surface area contributed by atoms with Crippen molar-refractivity contribution in [2.75, 3.05) is 13.1 Å². The molecule has 0 radical (unpaired) electrons. The van der Waals surface area contributed by atoms with Crippen molar-refractivity contribution in [3.05, 3.63) is 12.3 Å². The summed E-state index contributed by atoms with van der Waals surface area (Å²) >= 11 is 0. The van der Waals surface area contributed by atoms with Crippen LogP contribution in [0.3, 0.4) is 0 Å². The van der Waals surface area contributed by atoms with Crippen LogP contribution in [-0.2, 0) is 0 Å². The lowest BCUT2D eigenvalue weighted by Gasteiger charge is -2.02. The molecule has 0 saturated heterocycles. The molecule has 0 aromatic heterocycles. The number of hydrogen-bond acceptors (Lipinski definition) is 2. The minimum Gasteiger partial charge on any atom is -0.389 e. The molecule has 3 N–H and O–H groups in total. The molecular formula is C9H18N2Si. The summed E-state index contributed by atoms with van der Waals surface area (Å²) in [5.41, 5.74) is 8.52. The summed E-state index contributed by atoms with van der Waals surface area (Å²) in [6, 6.07) is 0. The van der Waals surface area contributed by atoms with Crippen molar-refractivity contribution >= 4 is 8.07 Å². The maximum absolute atomic E-state index is 5.29. The molecular weight excluding hydrogens is 164 g/mol. The summed E-state index contributed by atoms with van der Waals surface area (Å²) in [4.78, 5) is 0. The van der Waals surface area contributed by atoms with Crippen molar-refractivity contribution in [1.29, 1.82) is 0 Å². The van der Waals surface area contributed by atoms with Crippen LogP contribution in [0.5, 0.6) is 0 Å². The molecule has 3 heteroatoms. The summed E-state index contributed by atoms with van der Waals surface area (Å²) < 4.78 is 0. The highest BCUT2D eigenvalue weighted by Crippen LogP contribution is 1.95. The predicted octanol–water partition coefficient (Wildman–Crippen LogP) is 0.929. The van der Waals surface area contributed by atoms with Gasteiger partial charge in [0, 0.05) is 25.4 Å². The van der Waals surface area contributed by atoms with Gasteiger partial charge in [0.2, 0.25) is 0 Å². The third kappa shape index (κ3) is 9.28. The molecule has 0 heterocycles. The Morgan fingerprint density at radius 1 is 1.42 bits per heavy atom. The molecule has 0 rings (SSSR count). The van der Waals surface area contributed by atoms with E-state index in [0.717, 1.165) is 6.54 Å². The van der Waals surface area contributed by atoms with Gasteiger partial charge in [-0.1, -0.05) is 25.6 Å². The lowest BCUT2D eigenvalue weighted by molar-refractivity contribution is 0.843. The smallest absolute Gasteiger partial charge is 0.129 e. The lowest BCUT2D eigenvalue weighted by Crippen LogP contribution is -2.17. The van der Waals surface area contributed by atoms with Crippen LogP contribution in [0.2, 0.25) is 19.6 Å². The van der Waals surface area contributed by atoms with Crippen molar-refractivity contribution in [2.24, 2.45) is 5.73 Å². The number of nitrogens with one attached hydrogen (secondary N) is 1. The van der Waals surface area contributed by atoms with Crippen LogP contribution in [0.15, 0.2) is 12.3 Å². The van der Waals surface area contributed by atoms with E-state index in [1.54, 1.807) is 0 Å². The van der Waals surface area contributed by atoms with Gasteiger partial charge in [0.1, 0.15) is 8.07 Å². The zero-order valence-electron chi connectivity index (χ0n) is 8.15. The summed E-state index contributed by atoms with van der Waals surface area (Å²) in [6.07, 6.45) is 3.69. The van der Waals surface area contributed by atoms with Crippen LogP contribution < -0.4 is 11.1 Å². The van der Waals surface area contributed by atoms with Crippen LogP contribution >= 0.6 is 0 Å². The van der Waals surface area contributed by atoms with E-state index in [2.05, 4.69) is 36.4 Å². The second-order valence-corrected chi connectivity index (χ2v) is 8.35. The molecule has 0 bridgehead atoms. The SMILES string of the molecule is C[Si](C)(C)C#C/C=C/NCCN. The van der Waals surface area contributed by atoms with Crippen molar-refractivity contribution in [2.45, 2.75) is 19.6 Å². The average Bonchev–Trinajstić information content (AvgIpc) is 1.94. The van der Waals surface area contributed by atoms with Crippen LogP contribution in [-0.4, -0.2) is 21.2 Å². The third-order valence-electron chi connectivity index (χ3n) is 1.02. The first-order chi connectivity index (χ1) is 5.56. The molecule has 0 aliphatic heterocycles. The molecule has 0 saturated carbocycles. The Bertz CT molecular complexity index is 193. The quantitative estimate of drug-likeness (QED) is 0.387. The molecule has 0 spiro atoms.